The normalized spacial score (nSPS) is 16.5. The highest BCUT2D eigenvalue weighted by atomic mass is 28.4. The second kappa shape index (κ2) is 9.73. The average molecular weight is 439 g/mol. The molecule has 0 rings (SSSR count). The molecule has 0 saturated carbocycles. The zero-order valence-corrected chi connectivity index (χ0v) is 23.1. The van der Waals surface area contributed by atoms with Gasteiger partial charge in [0.15, 0.2) is 39.1 Å². The SMILES string of the molecule is C[Si](C)(C)OCC(=O)C(O[Si](C)(C)C)C(CO[Si](C)(C)C)O[Si](C)(C)C. The molecule has 156 valence electrons. The van der Waals surface area contributed by atoms with Crippen LogP contribution in [0.1, 0.15) is 0 Å². The molecule has 0 aliphatic carbocycles. The predicted octanol–water partition coefficient (Wildman–Crippen LogP) is 4.70. The minimum Gasteiger partial charge on any atom is -0.415 e. The van der Waals surface area contributed by atoms with Crippen LogP contribution in [-0.4, -0.2) is 64.5 Å². The Morgan fingerprint density at radius 1 is 0.654 bits per heavy atom. The zero-order chi connectivity index (χ0) is 21.0. The molecule has 2 atom stereocenters. The highest BCUT2D eigenvalue weighted by Crippen LogP contribution is 2.20. The summed E-state index contributed by atoms with van der Waals surface area (Å²) in [5.74, 6) is -0.0303. The third-order valence-electron chi connectivity index (χ3n) is 2.97. The molecule has 9 heteroatoms. The number of ketones is 1. The smallest absolute Gasteiger partial charge is 0.187 e. The van der Waals surface area contributed by atoms with E-state index in [0.29, 0.717) is 6.61 Å². The molecule has 0 N–H and O–H groups in total. The summed E-state index contributed by atoms with van der Waals surface area (Å²) < 4.78 is 24.6. The van der Waals surface area contributed by atoms with Crippen molar-refractivity contribution >= 4 is 39.1 Å². The van der Waals surface area contributed by atoms with Crippen LogP contribution in [0.2, 0.25) is 78.6 Å². The van der Waals surface area contributed by atoms with Crippen LogP contribution >= 0.6 is 0 Å². The Balaban J connectivity index is 5.50. The molecule has 0 saturated heterocycles. The van der Waals surface area contributed by atoms with E-state index in [1.165, 1.54) is 0 Å². The molecule has 0 spiro atoms. The lowest BCUT2D eigenvalue weighted by Gasteiger charge is -2.36. The van der Waals surface area contributed by atoms with Gasteiger partial charge in [-0.15, -0.1) is 0 Å². The fourth-order valence-electron chi connectivity index (χ4n) is 2.07. The van der Waals surface area contributed by atoms with Crippen LogP contribution in [0, 0.1) is 0 Å². The van der Waals surface area contributed by atoms with Crippen LogP contribution in [0.25, 0.3) is 0 Å². The molecule has 2 unspecified atom stereocenters. The molecule has 0 aromatic heterocycles. The molecular formula is C17H42O5Si4. The number of carbonyl (C=O) groups excluding carboxylic acids is 1. The standard InChI is InChI=1S/C17H42O5Si4/c1-23(2,3)19-13-15(18)17(22-26(10,11)12)16(21-25(7,8)9)14-20-24(4,5)6/h16-17H,13-14H2,1-12H3. The third-order valence-corrected chi connectivity index (χ3v) is 6.98. The van der Waals surface area contributed by atoms with Crippen molar-refractivity contribution < 1.29 is 22.5 Å². The van der Waals surface area contributed by atoms with Crippen LogP contribution in [0.3, 0.4) is 0 Å². The molecule has 0 aliphatic heterocycles. The van der Waals surface area contributed by atoms with E-state index < -0.39 is 39.4 Å². The lowest BCUT2D eigenvalue weighted by Crippen LogP contribution is -2.52. The Bertz CT molecular complexity index is 444. The van der Waals surface area contributed by atoms with Crippen LogP contribution in [-0.2, 0) is 22.5 Å². The summed E-state index contributed by atoms with van der Waals surface area (Å²) in [6.45, 7) is 25.8. The van der Waals surface area contributed by atoms with Crippen LogP contribution in [0.4, 0.5) is 0 Å². The molecular weight excluding hydrogens is 397 g/mol. The largest absolute Gasteiger partial charge is 0.415 e. The van der Waals surface area contributed by atoms with E-state index >= 15 is 0 Å². The van der Waals surface area contributed by atoms with Crippen LogP contribution in [0.5, 0.6) is 0 Å². The first-order chi connectivity index (χ1) is 11.3. The summed E-state index contributed by atoms with van der Waals surface area (Å²) in [5, 5.41) is 0. The molecule has 0 radical (unpaired) electrons. The second-order valence-corrected chi connectivity index (χ2v) is 28.7. The monoisotopic (exact) mass is 438 g/mol. The van der Waals surface area contributed by atoms with Gasteiger partial charge in [-0.25, -0.2) is 0 Å². The maximum atomic E-state index is 13.0. The Hall–Kier alpha value is 0.378. The molecule has 0 heterocycles. The molecule has 0 aliphatic rings. The average Bonchev–Trinajstić information content (AvgIpc) is 2.34. The van der Waals surface area contributed by atoms with Gasteiger partial charge in [-0.1, -0.05) is 0 Å². The zero-order valence-electron chi connectivity index (χ0n) is 19.1. The van der Waals surface area contributed by atoms with Gasteiger partial charge in [-0.2, -0.15) is 0 Å². The van der Waals surface area contributed by atoms with Crippen molar-refractivity contribution in [2.75, 3.05) is 13.2 Å². The van der Waals surface area contributed by atoms with Gasteiger partial charge in [0.2, 0.25) is 0 Å². The van der Waals surface area contributed by atoms with Crippen molar-refractivity contribution in [2.45, 2.75) is 90.8 Å². The highest BCUT2D eigenvalue weighted by Gasteiger charge is 2.38. The van der Waals surface area contributed by atoms with Crippen molar-refractivity contribution in [3.8, 4) is 0 Å². The molecule has 26 heavy (non-hydrogen) atoms. The Morgan fingerprint density at radius 2 is 1.08 bits per heavy atom. The summed E-state index contributed by atoms with van der Waals surface area (Å²) >= 11 is 0. The van der Waals surface area contributed by atoms with Gasteiger partial charge in [-0.3, -0.25) is 4.79 Å². The van der Waals surface area contributed by atoms with Gasteiger partial charge >= 0.3 is 0 Å². The van der Waals surface area contributed by atoms with E-state index in [4.69, 9.17) is 17.7 Å². The first-order valence-electron chi connectivity index (χ1n) is 9.45. The molecule has 0 bridgehead atoms. The van der Waals surface area contributed by atoms with E-state index in [9.17, 15) is 4.79 Å². The van der Waals surface area contributed by atoms with Crippen LogP contribution < -0.4 is 0 Å². The highest BCUT2D eigenvalue weighted by molar-refractivity contribution is 6.71. The Kier molecular flexibility index (Phi) is 9.87. The minimum atomic E-state index is -1.94. The lowest BCUT2D eigenvalue weighted by atomic mass is 10.1. The summed E-state index contributed by atoms with van der Waals surface area (Å²) in [5.41, 5.74) is 0. The minimum absolute atomic E-state index is 0.0303. The first kappa shape index (κ1) is 26.4. The Morgan fingerprint density at radius 3 is 1.42 bits per heavy atom. The van der Waals surface area contributed by atoms with Crippen LogP contribution in [0.15, 0.2) is 0 Å². The molecule has 0 fully saturated rings. The van der Waals surface area contributed by atoms with Gasteiger partial charge in [0, 0.05) is 0 Å². The van der Waals surface area contributed by atoms with Crippen molar-refractivity contribution in [1.82, 2.24) is 0 Å². The topological polar surface area (TPSA) is 54.0 Å². The van der Waals surface area contributed by atoms with E-state index in [1.54, 1.807) is 0 Å². The summed E-state index contributed by atoms with van der Waals surface area (Å²) in [6.07, 6.45) is -1.00. The van der Waals surface area contributed by atoms with Crippen molar-refractivity contribution in [3.05, 3.63) is 0 Å². The maximum absolute atomic E-state index is 13.0. The maximum Gasteiger partial charge on any atom is 0.187 e. The van der Waals surface area contributed by atoms with Gasteiger partial charge in [-0.05, 0) is 78.6 Å². The van der Waals surface area contributed by atoms with E-state index in [-0.39, 0.29) is 18.5 Å². The predicted molar refractivity (Wildman–Crippen MR) is 120 cm³/mol. The molecule has 0 aromatic carbocycles. The summed E-state index contributed by atoms with van der Waals surface area (Å²) in [7, 11) is -7.32. The van der Waals surface area contributed by atoms with Gasteiger partial charge in [0.05, 0.1) is 19.3 Å². The number of hydrogen-bond donors (Lipinski definition) is 0. The van der Waals surface area contributed by atoms with Gasteiger partial charge in [0.1, 0.15) is 6.10 Å². The summed E-state index contributed by atoms with van der Waals surface area (Å²) in [4.78, 5) is 13.0. The quantitative estimate of drug-likeness (QED) is 0.413. The molecule has 0 amide bonds. The van der Waals surface area contributed by atoms with Crippen molar-refractivity contribution in [3.63, 3.8) is 0 Å². The van der Waals surface area contributed by atoms with E-state index in [1.807, 2.05) is 0 Å². The number of carbonyl (C=O) groups is 1. The molecule has 0 aromatic rings. The van der Waals surface area contributed by atoms with Crippen molar-refractivity contribution in [2.24, 2.45) is 0 Å². The van der Waals surface area contributed by atoms with E-state index in [0.717, 1.165) is 0 Å². The lowest BCUT2D eigenvalue weighted by molar-refractivity contribution is -0.134. The first-order valence-corrected chi connectivity index (χ1v) is 23.1. The Labute approximate surface area is 165 Å². The fraction of sp³-hybridized carbons (Fsp3) is 0.941. The second-order valence-electron chi connectivity index (χ2n) is 10.7. The summed E-state index contributed by atoms with van der Waals surface area (Å²) in [6, 6.07) is 0. The van der Waals surface area contributed by atoms with Gasteiger partial charge < -0.3 is 17.7 Å². The van der Waals surface area contributed by atoms with Gasteiger partial charge in [0.25, 0.3) is 0 Å². The number of Topliss-reactive ketones (excluding diaryl/α,β-unsaturated/α-hetero) is 1. The number of hydrogen-bond acceptors (Lipinski definition) is 5. The van der Waals surface area contributed by atoms with Crippen molar-refractivity contribution in [1.29, 1.82) is 0 Å². The third kappa shape index (κ3) is 14.4. The van der Waals surface area contributed by atoms with E-state index in [2.05, 4.69) is 78.6 Å². The molecule has 5 nitrogen and oxygen atoms in total. The number of rotatable bonds is 12. The fourth-order valence-corrected chi connectivity index (χ4v) is 5.45.